The van der Waals surface area contributed by atoms with Gasteiger partial charge in [0.05, 0.1) is 6.26 Å². The van der Waals surface area contributed by atoms with E-state index in [2.05, 4.69) is 35.0 Å². The summed E-state index contributed by atoms with van der Waals surface area (Å²) in [4.78, 5) is 0. The van der Waals surface area contributed by atoms with Crippen LogP contribution in [-0.2, 0) is 10.1 Å². The molecule has 0 amide bonds. The third-order valence-corrected chi connectivity index (χ3v) is 3.00. The van der Waals surface area contributed by atoms with Crippen molar-refractivity contribution in [3.05, 3.63) is 34.3 Å². The van der Waals surface area contributed by atoms with Crippen LogP contribution in [0.3, 0.4) is 0 Å². The molecule has 6 heteroatoms. The fourth-order valence-corrected chi connectivity index (χ4v) is 1.81. The third kappa shape index (κ3) is 11.1. The van der Waals surface area contributed by atoms with Crippen LogP contribution in [0.5, 0.6) is 0 Å². The van der Waals surface area contributed by atoms with Crippen LogP contribution < -0.4 is 0 Å². The van der Waals surface area contributed by atoms with Gasteiger partial charge in [0.15, 0.2) is 0 Å². The van der Waals surface area contributed by atoms with E-state index in [0.717, 1.165) is 10.9 Å². The number of benzene rings is 1. The second kappa shape index (κ2) is 9.47. The number of hydrogen-bond acceptors (Lipinski definition) is 3. The molecule has 0 saturated carbocycles. The van der Waals surface area contributed by atoms with E-state index in [1.165, 1.54) is 18.4 Å². The van der Waals surface area contributed by atoms with Gasteiger partial charge in [-0.3, -0.25) is 4.55 Å². The van der Waals surface area contributed by atoms with Crippen LogP contribution >= 0.6 is 15.9 Å². The molecule has 1 rings (SSSR count). The molecule has 0 fully saturated rings. The van der Waals surface area contributed by atoms with Crippen molar-refractivity contribution in [2.45, 2.75) is 32.1 Å². The number of halogens is 1. The lowest BCUT2D eigenvalue weighted by atomic mass is 9.95. The quantitative estimate of drug-likeness (QED) is 0.797. The molecular weight excluding hydrogens is 332 g/mol. The number of aliphatic hydroxyl groups is 1. The summed E-state index contributed by atoms with van der Waals surface area (Å²) in [5.74, 6) is 0.308. The zero-order valence-corrected chi connectivity index (χ0v) is 13.6. The van der Waals surface area contributed by atoms with E-state index in [1.54, 1.807) is 0 Å². The molecule has 0 heterocycles. The van der Waals surface area contributed by atoms with Crippen molar-refractivity contribution < 1.29 is 18.1 Å². The van der Waals surface area contributed by atoms with Crippen molar-refractivity contribution in [1.82, 2.24) is 0 Å². The first-order valence-electron chi connectivity index (χ1n) is 6.06. The third-order valence-electron chi connectivity index (χ3n) is 2.47. The predicted octanol–water partition coefficient (Wildman–Crippen LogP) is 3.22. The van der Waals surface area contributed by atoms with Gasteiger partial charge in [-0.25, -0.2) is 0 Å². The van der Waals surface area contributed by atoms with Crippen LogP contribution in [0.15, 0.2) is 28.7 Å². The average Bonchev–Trinajstić information content (AvgIpc) is 2.30. The zero-order valence-electron chi connectivity index (χ0n) is 11.2. The molecule has 19 heavy (non-hydrogen) atoms. The summed E-state index contributed by atoms with van der Waals surface area (Å²) >= 11 is 3.41. The summed E-state index contributed by atoms with van der Waals surface area (Å²) in [7, 11) is -3.67. The molecule has 0 aromatic heterocycles. The highest BCUT2D eigenvalue weighted by molar-refractivity contribution is 9.10. The van der Waals surface area contributed by atoms with Crippen molar-refractivity contribution in [1.29, 1.82) is 0 Å². The average molecular weight is 353 g/mol. The second-order valence-corrected chi connectivity index (χ2v) is 6.69. The fraction of sp³-hybridized carbons (Fsp3) is 0.538. The molecule has 0 spiro atoms. The molecule has 1 aromatic rings. The van der Waals surface area contributed by atoms with Crippen molar-refractivity contribution in [2.75, 3.05) is 12.9 Å². The summed E-state index contributed by atoms with van der Waals surface area (Å²) in [5, 5.41) is 9.26. The molecule has 4 nitrogen and oxygen atoms in total. The van der Waals surface area contributed by atoms with Gasteiger partial charge < -0.3 is 5.11 Å². The Morgan fingerprint density at radius 1 is 1.26 bits per heavy atom. The van der Waals surface area contributed by atoms with Gasteiger partial charge in [0, 0.05) is 17.0 Å². The second-order valence-electron chi connectivity index (χ2n) is 4.31. The van der Waals surface area contributed by atoms with Crippen LogP contribution in [0.2, 0.25) is 0 Å². The Bertz CT molecular complexity index is 434. The number of rotatable bonds is 5. The monoisotopic (exact) mass is 352 g/mol. The van der Waals surface area contributed by atoms with Gasteiger partial charge in [-0.2, -0.15) is 8.42 Å². The number of aliphatic hydroxyl groups excluding tert-OH is 1. The normalized spacial score (nSPS) is 12.5. The molecular formula is C13H21BrO4S. The van der Waals surface area contributed by atoms with Crippen LogP contribution in [0, 0.1) is 0 Å². The zero-order chi connectivity index (χ0) is 14.9. The first-order valence-corrected chi connectivity index (χ1v) is 8.70. The van der Waals surface area contributed by atoms with Crippen LogP contribution in [0.25, 0.3) is 0 Å². The Kier molecular flexibility index (Phi) is 9.26. The minimum atomic E-state index is -3.67. The summed E-state index contributed by atoms with van der Waals surface area (Å²) in [6, 6.07) is 8.23. The number of hydrogen-bond donors (Lipinski definition) is 2. The van der Waals surface area contributed by atoms with Gasteiger partial charge in [0.1, 0.15) is 0 Å². The van der Waals surface area contributed by atoms with E-state index in [0.29, 0.717) is 12.2 Å². The summed E-state index contributed by atoms with van der Waals surface area (Å²) in [5.41, 5.74) is 1.24. The van der Waals surface area contributed by atoms with Crippen molar-refractivity contribution in [3.63, 3.8) is 0 Å². The standard InChI is InChI=1S/C12H17BrO.CH4O3S/c1-2-3-4-11(9-14)10-5-7-12(13)8-6-10;1-5(2,3)4/h5-8,11,14H,2-4,9H2,1H3;1H3,(H,2,3,4). The first-order chi connectivity index (χ1) is 8.77. The van der Waals surface area contributed by atoms with Crippen LogP contribution in [0.4, 0.5) is 0 Å². The molecule has 110 valence electrons. The van der Waals surface area contributed by atoms with Gasteiger partial charge in [-0.1, -0.05) is 47.8 Å². The van der Waals surface area contributed by atoms with Gasteiger partial charge in [0.25, 0.3) is 10.1 Å². The van der Waals surface area contributed by atoms with Gasteiger partial charge in [-0.15, -0.1) is 0 Å². The molecule has 0 aliphatic rings. The maximum Gasteiger partial charge on any atom is 0.261 e. The largest absolute Gasteiger partial charge is 0.396 e. The number of unbranched alkanes of at least 4 members (excludes halogenated alkanes) is 1. The molecule has 0 bridgehead atoms. The lowest BCUT2D eigenvalue weighted by Gasteiger charge is -2.13. The maximum absolute atomic E-state index is 9.26. The highest BCUT2D eigenvalue weighted by Crippen LogP contribution is 2.23. The molecule has 1 unspecified atom stereocenters. The minimum Gasteiger partial charge on any atom is -0.396 e. The van der Waals surface area contributed by atoms with Gasteiger partial charge in [0.2, 0.25) is 0 Å². The highest BCUT2D eigenvalue weighted by atomic mass is 79.9. The Morgan fingerprint density at radius 3 is 2.11 bits per heavy atom. The van der Waals surface area contributed by atoms with Crippen LogP contribution in [-0.4, -0.2) is 30.9 Å². The molecule has 2 N–H and O–H groups in total. The molecule has 1 atom stereocenters. The SMILES string of the molecule is CCCCC(CO)c1ccc(Br)cc1.CS(=O)(=O)O. The van der Waals surface area contributed by atoms with E-state index >= 15 is 0 Å². The van der Waals surface area contributed by atoms with E-state index in [9.17, 15) is 13.5 Å². The smallest absolute Gasteiger partial charge is 0.261 e. The summed E-state index contributed by atoms with van der Waals surface area (Å²) < 4.78 is 27.0. The predicted molar refractivity (Wildman–Crippen MR) is 81.0 cm³/mol. The fourth-order valence-electron chi connectivity index (χ4n) is 1.55. The highest BCUT2D eigenvalue weighted by Gasteiger charge is 2.08. The lowest BCUT2D eigenvalue weighted by Crippen LogP contribution is -2.03. The topological polar surface area (TPSA) is 74.6 Å². The minimum absolute atomic E-state index is 0.252. The molecule has 0 radical (unpaired) electrons. The Morgan fingerprint density at radius 2 is 1.74 bits per heavy atom. The van der Waals surface area contributed by atoms with Crippen molar-refractivity contribution in [2.24, 2.45) is 0 Å². The van der Waals surface area contributed by atoms with Crippen molar-refractivity contribution >= 4 is 26.0 Å². The Labute approximate surface area is 123 Å². The molecule has 0 saturated heterocycles. The first kappa shape index (κ1) is 18.6. The van der Waals surface area contributed by atoms with E-state index in [1.807, 2.05) is 12.1 Å². The van der Waals surface area contributed by atoms with E-state index in [-0.39, 0.29) is 6.61 Å². The summed E-state index contributed by atoms with van der Waals surface area (Å²) in [6.45, 7) is 2.43. The van der Waals surface area contributed by atoms with Gasteiger partial charge >= 0.3 is 0 Å². The maximum atomic E-state index is 9.26. The lowest BCUT2D eigenvalue weighted by molar-refractivity contribution is 0.257. The van der Waals surface area contributed by atoms with Crippen LogP contribution in [0.1, 0.15) is 37.7 Å². The molecule has 1 aromatic carbocycles. The van der Waals surface area contributed by atoms with Crippen molar-refractivity contribution in [3.8, 4) is 0 Å². The Hall–Kier alpha value is -0.430. The van der Waals surface area contributed by atoms with E-state index < -0.39 is 10.1 Å². The summed E-state index contributed by atoms with van der Waals surface area (Å²) in [6.07, 6.45) is 4.16. The molecule has 0 aliphatic heterocycles. The Balaban J connectivity index is 0.000000555. The molecule has 0 aliphatic carbocycles. The van der Waals surface area contributed by atoms with E-state index in [4.69, 9.17) is 4.55 Å². The van der Waals surface area contributed by atoms with Gasteiger partial charge in [-0.05, 0) is 24.1 Å².